The molecule has 5 aromatic rings. The van der Waals surface area contributed by atoms with E-state index >= 15 is 0 Å². The Labute approximate surface area is 223 Å². The third-order valence-corrected chi connectivity index (χ3v) is 8.43. The first-order valence-corrected chi connectivity index (χ1v) is 14.2. The summed E-state index contributed by atoms with van der Waals surface area (Å²) in [5.74, 6) is 0.0971. The first-order valence-electron chi connectivity index (χ1n) is 11.9. The van der Waals surface area contributed by atoms with E-state index in [9.17, 15) is 17.9 Å². The van der Waals surface area contributed by atoms with Crippen molar-refractivity contribution in [3.63, 3.8) is 0 Å². The molecule has 0 saturated carbocycles. The molecule has 0 bridgehead atoms. The highest BCUT2D eigenvalue weighted by atomic mass is 32.2. The van der Waals surface area contributed by atoms with Gasteiger partial charge < -0.3 is 9.84 Å². The summed E-state index contributed by atoms with van der Waals surface area (Å²) in [4.78, 5) is 14.0. The molecule has 0 radical (unpaired) electrons. The first kappa shape index (κ1) is 26.1. The number of ether oxygens (including phenoxy) is 1. The Morgan fingerprint density at radius 2 is 1.84 bits per heavy atom. The molecule has 0 fully saturated rings. The topological polar surface area (TPSA) is 114 Å². The summed E-state index contributed by atoms with van der Waals surface area (Å²) in [5.41, 5.74) is 5.55. The van der Waals surface area contributed by atoms with Gasteiger partial charge in [-0.2, -0.15) is 0 Å². The van der Waals surface area contributed by atoms with E-state index in [1.54, 1.807) is 13.1 Å². The number of hydrogen-bond donors (Lipinski definition) is 2. The van der Waals surface area contributed by atoms with Crippen LogP contribution in [0.25, 0.3) is 31.8 Å². The molecule has 0 saturated heterocycles. The van der Waals surface area contributed by atoms with Crippen molar-refractivity contribution in [1.29, 1.82) is 0 Å². The number of aliphatic hydroxyl groups is 1. The van der Waals surface area contributed by atoms with Crippen molar-refractivity contribution in [2.24, 2.45) is 0 Å². The molecule has 196 valence electrons. The zero-order valence-corrected chi connectivity index (χ0v) is 22.5. The van der Waals surface area contributed by atoms with E-state index < -0.39 is 21.9 Å². The number of fused-ring (bicyclic) bond motifs is 2. The SMILES string of the molecule is Cc1cc(-c2nc3c(C)cc(OCCNS(=O)(=O)c4ccc(F)cc4)cc3s2)c2ncc(C(C)O)nc2c1. The van der Waals surface area contributed by atoms with E-state index in [4.69, 9.17) is 9.72 Å². The normalized spacial score (nSPS) is 12.8. The van der Waals surface area contributed by atoms with Gasteiger partial charge in [0.05, 0.1) is 44.1 Å². The van der Waals surface area contributed by atoms with E-state index in [-0.39, 0.29) is 18.0 Å². The molecule has 2 aromatic heterocycles. The van der Waals surface area contributed by atoms with Crippen molar-refractivity contribution in [2.75, 3.05) is 13.2 Å². The number of aromatic nitrogens is 3. The maximum atomic E-state index is 13.1. The van der Waals surface area contributed by atoms with Gasteiger partial charge in [-0.3, -0.25) is 4.98 Å². The lowest BCUT2D eigenvalue weighted by Crippen LogP contribution is -2.28. The minimum Gasteiger partial charge on any atom is -0.492 e. The predicted molar refractivity (Wildman–Crippen MR) is 145 cm³/mol. The third-order valence-electron chi connectivity index (χ3n) is 5.91. The number of halogens is 1. The fourth-order valence-electron chi connectivity index (χ4n) is 4.05. The van der Waals surface area contributed by atoms with Gasteiger partial charge in [-0.05, 0) is 80.4 Å². The van der Waals surface area contributed by atoms with Crippen LogP contribution in [0.4, 0.5) is 4.39 Å². The van der Waals surface area contributed by atoms with Crippen LogP contribution >= 0.6 is 11.3 Å². The molecule has 0 spiro atoms. The predicted octanol–water partition coefficient (Wildman–Crippen LogP) is 5.07. The van der Waals surface area contributed by atoms with Crippen molar-refractivity contribution in [1.82, 2.24) is 19.7 Å². The molecule has 0 aliphatic carbocycles. The lowest BCUT2D eigenvalue weighted by Gasteiger charge is -2.09. The maximum absolute atomic E-state index is 13.1. The summed E-state index contributed by atoms with van der Waals surface area (Å²) in [6, 6.07) is 12.3. The van der Waals surface area contributed by atoms with Gasteiger partial charge in [0.1, 0.15) is 23.2 Å². The van der Waals surface area contributed by atoms with E-state index in [0.717, 1.165) is 44.0 Å². The molecule has 0 amide bonds. The van der Waals surface area contributed by atoms with Crippen LogP contribution in [0.1, 0.15) is 29.8 Å². The number of sulfonamides is 1. The monoisotopic (exact) mass is 552 g/mol. The second kappa shape index (κ2) is 10.3. The summed E-state index contributed by atoms with van der Waals surface area (Å²) >= 11 is 1.50. The van der Waals surface area contributed by atoms with Crippen molar-refractivity contribution < 1.29 is 22.7 Å². The Bertz CT molecular complexity index is 1750. The molecule has 38 heavy (non-hydrogen) atoms. The Kier molecular flexibility index (Phi) is 7.10. The Morgan fingerprint density at radius 3 is 2.58 bits per heavy atom. The molecule has 1 atom stereocenters. The molecule has 11 heteroatoms. The van der Waals surface area contributed by atoms with Gasteiger partial charge in [-0.25, -0.2) is 27.5 Å². The molecule has 3 aromatic carbocycles. The molecule has 0 aliphatic heterocycles. The van der Waals surface area contributed by atoms with Crippen LogP contribution in [0.5, 0.6) is 5.75 Å². The maximum Gasteiger partial charge on any atom is 0.240 e. The van der Waals surface area contributed by atoms with Gasteiger partial charge in [0.15, 0.2) is 0 Å². The van der Waals surface area contributed by atoms with Crippen LogP contribution in [0, 0.1) is 19.7 Å². The van der Waals surface area contributed by atoms with Crippen molar-refractivity contribution >= 4 is 42.6 Å². The number of benzene rings is 3. The highest BCUT2D eigenvalue weighted by Gasteiger charge is 2.17. The minimum atomic E-state index is -3.76. The quantitative estimate of drug-likeness (QED) is 0.258. The summed E-state index contributed by atoms with van der Waals surface area (Å²) in [5, 5.41) is 10.7. The number of nitrogens with zero attached hydrogens (tertiary/aromatic N) is 3. The van der Waals surface area contributed by atoms with Gasteiger partial charge >= 0.3 is 0 Å². The number of thiazole rings is 1. The highest BCUT2D eigenvalue weighted by molar-refractivity contribution is 7.89. The van der Waals surface area contributed by atoms with Gasteiger partial charge in [0.2, 0.25) is 10.0 Å². The van der Waals surface area contributed by atoms with E-state index in [1.807, 2.05) is 38.1 Å². The van der Waals surface area contributed by atoms with Crippen LogP contribution in [-0.2, 0) is 10.0 Å². The molecule has 8 nitrogen and oxygen atoms in total. The summed E-state index contributed by atoms with van der Waals surface area (Å²) < 4.78 is 47.0. The van der Waals surface area contributed by atoms with E-state index in [1.165, 1.54) is 23.5 Å². The molecule has 1 unspecified atom stereocenters. The molecule has 2 N–H and O–H groups in total. The van der Waals surface area contributed by atoms with Gasteiger partial charge in [-0.1, -0.05) is 0 Å². The fraction of sp³-hybridized carbons (Fsp3) is 0.222. The molecule has 5 rings (SSSR count). The standard InChI is InChI=1S/C27H25FN4O4S2/c1-15-10-21(26-22(11-15)31-23(14-29-26)17(3)33)27-32-25-16(2)12-19(13-24(25)37-27)36-9-8-30-38(34,35)20-6-4-18(28)5-7-20/h4-7,10-14,17,30,33H,8-9H2,1-3H3. The van der Waals surface area contributed by atoms with E-state index in [2.05, 4.69) is 14.7 Å². The number of rotatable bonds is 8. The Hall–Kier alpha value is -3.51. The number of hydrogen-bond acceptors (Lipinski definition) is 8. The van der Waals surface area contributed by atoms with Crippen LogP contribution in [0.2, 0.25) is 0 Å². The molecule has 2 heterocycles. The average Bonchev–Trinajstić information content (AvgIpc) is 3.31. The fourth-order valence-corrected chi connectivity index (χ4v) is 6.15. The minimum absolute atomic E-state index is 0.0104. The first-order chi connectivity index (χ1) is 18.1. The highest BCUT2D eigenvalue weighted by Crippen LogP contribution is 2.37. The van der Waals surface area contributed by atoms with Crippen LogP contribution in [0.15, 0.2) is 59.6 Å². The van der Waals surface area contributed by atoms with Gasteiger partial charge in [0.25, 0.3) is 0 Å². The summed E-state index contributed by atoms with van der Waals surface area (Å²) in [7, 11) is -3.76. The van der Waals surface area contributed by atoms with E-state index in [0.29, 0.717) is 22.5 Å². The van der Waals surface area contributed by atoms with Gasteiger partial charge in [0, 0.05) is 12.1 Å². The Balaban J connectivity index is 1.36. The van der Waals surface area contributed by atoms with Crippen LogP contribution in [0.3, 0.4) is 0 Å². The van der Waals surface area contributed by atoms with Crippen LogP contribution in [-0.4, -0.2) is 41.6 Å². The van der Waals surface area contributed by atoms with Crippen molar-refractivity contribution in [3.05, 3.63) is 77.4 Å². The number of nitrogens with one attached hydrogen (secondary N) is 1. The molecular formula is C27H25FN4O4S2. The van der Waals surface area contributed by atoms with Crippen molar-refractivity contribution in [3.8, 4) is 16.3 Å². The average molecular weight is 553 g/mol. The zero-order chi connectivity index (χ0) is 27.0. The zero-order valence-electron chi connectivity index (χ0n) is 20.9. The smallest absolute Gasteiger partial charge is 0.240 e. The van der Waals surface area contributed by atoms with Gasteiger partial charge in [-0.15, -0.1) is 11.3 Å². The number of aliphatic hydroxyl groups excluding tert-OH is 1. The Morgan fingerprint density at radius 1 is 1.08 bits per heavy atom. The number of aryl methyl sites for hydroxylation is 2. The molecule has 0 aliphatic rings. The second-order valence-electron chi connectivity index (χ2n) is 8.96. The lowest BCUT2D eigenvalue weighted by atomic mass is 10.1. The molecular weight excluding hydrogens is 527 g/mol. The summed E-state index contributed by atoms with van der Waals surface area (Å²) in [6.45, 7) is 5.74. The lowest BCUT2D eigenvalue weighted by molar-refractivity contribution is 0.194. The van der Waals surface area contributed by atoms with Crippen molar-refractivity contribution in [2.45, 2.75) is 31.8 Å². The van der Waals surface area contributed by atoms with Crippen LogP contribution < -0.4 is 9.46 Å². The third kappa shape index (κ3) is 5.37. The largest absolute Gasteiger partial charge is 0.492 e. The second-order valence-corrected chi connectivity index (χ2v) is 11.8. The summed E-state index contributed by atoms with van der Waals surface area (Å²) in [6.07, 6.45) is 0.873.